The van der Waals surface area contributed by atoms with Crippen molar-refractivity contribution in [2.45, 2.75) is 65.7 Å². The standard InChI is InChI=1S/C16H33N3O/c1-8-12(4)15-16(20)19(13(5)10-18(6)7)14(17-15)9-11(2)3/h11-15,17H,8-10H2,1-7H3. The van der Waals surface area contributed by atoms with Crippen LogP contribution in [0.4, 0.5) is 0 Å². The summed E-state index contributed by atoms with van der Waals surface area (Å²) in [5.41, 5.74) is 0. The summed E-state index contributed by atoms with van der Waals surface area (Å²) in [4.78, 5) is 17.0. The molecule has 0 spiro atoms. The summed E-state index contributed by atoms with van der Waals surface area (Å²) in [5.74, 6) is 1.28. The predicted octanol–water partition coefficient (Wildman–Crippen LogP) is 2.16. The molecule has 1 fully saturated rings. The summed E-state index contributed by atoms with van der Waals surface area (Å²) in [6.45, 7) is 11.8. The number of carbonyl (C=O) groups is 1. The zero-order chi connectivity index (χ0) is 15.4. The molecular formula is C16H33N3O. The van der Waals surface area contributed by atoms with Gasteiger partial charge < -0.3 is 9.80 Å². The van der Waals surface area contributed by atoms with Crippen LogP contribution in [0.1, 0.15) is 47.5 Å². The van der Waals surface area contributed by atoms with Crippen LogP contribution in [0.15, 0.2) is 0 Å². The van der Waals surface area contributed by atoms with E-state index in [1.165, 1.54) is 0 Å². The van der Waals surface area contributed by atoms with Gasteiger partial charge in [-0.15, -0.1) is 0 Å². The zero-order valence-electron chi connectivity index (χ0n) is 14.3. The van der Waals surface area contributed by atoms with Crippen molar-refractivity contribution in [3.05, 3.63) is 0 Å². The molecule has 4 atom stereocenters. The van der Waals surface area contributed by atoms with Crippen LogP contribution in [0.3, 0.4) is 0 Å². The topological polar surface area (TPSA) is 35.6 Å². The second-order valence-corrected chi connectivity index (χ2v) is 7.03. The third-order valence-electron chi connectivity index (χ3n) is 4.24. The van der Waals surface area contributed by atoms with Crippen LogP contribution in [-0.4, -0.2) is 54.6 Å². The van der Waals surface area contributed by atoms with Crippen molar-refractivity contribution in [1.29, 1.82) is 0 Å². The van der Waals surface area contributed by atoms with Crippen molar-refractivity contribution in [1.82, 2.24) is 15.1 Å². The van der Waals surface area contributed by atoms with Gasteiger partial charge in [-0.1, -0.05) is 34.1 Å². The molecule has 4 unspecified atom stereocenters. The normalized spacial score (nSPS) is 26.6. The Labute approximate surface area is 124 Å². The fraction of sp³-hybridized carbons (Fsp3) is 0.938. The lowest BCUT2D eigenvalue weighted by molar-refractivity contribution is -0.133. The average Bonchev–Trinajstić information content (AvgIpc) is 2.63. The van der Waals surface area contributed by atoms with Crippen LogP contribution >= 0.6 is 0 Å². The van der Waals surface area contributed by atoms with Gasteiger partial charge in [-0.05, 0) is 39.3 Å². The van der Waals surface area contributed by atoms with Crippen LogP contribution < -0.4 is 5.32 Å². The molecule has 0 aromatic heterocycles. The van der Waals surface area contributed by atoms with Gasteiger partial charge in [0.25, 0.3) is 0 Å². The molecule has 1 saturated heterocycles. The Balaban J connectivity index is 2.87. The molecule has 20 heavy (non-hydrogen) atoms. The highest BCUT2D eigenvalue weighted by Gasteiger charge is 2.42. The number of nitrogens with one attached hydrogen (secondary N) is 1. The van der Waals surface area contributed by atoms with E-state index in [0.29, 0.717) is 17.7 Å². The van der Waals surface area contributed by atoms with Crippen molar-refractivity contribution in [3.8, 4) is 0 Å². The number of amides is 1. The number of hydrogen-bond acceptors (Lipinski definition) is 3. The molecular weight excluding hydrogens is 250 g/mol. The lowest BCUT2D eigenvalue weighted by Crippen LogP contribution is -2.47. The minimum absolute atomic E-state index is 0.00615. The number of likely N-dealkylation sites (N-methyl/N-ethyl adjacent to an activating group) is 1. The SMILES string of the molecule is CCC(C)C1NC(CC(C)C)N(C(C)CN(C)C)C1=O. The van der Waals surface area contributed by atoms with Crippen molar-refractivity contribution in [2.24, 2.45) is 11.8 Å². The first-order valence-corrected chi connectivity index (χ1v) is 8.00. The number of hydrogen-bond donors (Lipinski definition) is 1. The molecule has 0 radical (unpaired) electrons. The summed E-state index contributed by atoms with van der Waals surface area (Å²) >= 11 is 0. The summed E-state index contributed by atoms with van der Waals surface area (Å²) in [7, 11) is 4.13. The van der Waals surface area contributed by atoms with E-state index in [1.54, 1.807) is 0 Å². The fourth-order valence-corrected chi connectivity index (χ4v) is 3.09. The van der Waals surface area contributed by atoms with E-state index in [9.17, 15) is 4.79 Å². The first-order chi connectivity index (χ1) is 9.27. The minimum Gasteiger partial charge on any atom is -0.322 e. The molecule has 1 aliphatic rings. The maximum atomic E-state index is 12.8. The van der Waals surface area contributed by atoms with Gasteiger partial charge in [-0.2, -0.15) is 0 Å². The van der Waals surface area contributed by atoms with Crippen LogP contribution in [0.5, 0.6) is 0 Å². The van der Waals surface area contributed by atoms with Crippen molar-refractivity contribution in [2.75, 3.05) is 20.6 Å². The van der Waals surface area contributed by atoms with Crippen molar-refractivity contribution < 1.29 is 4.79 Å². The molecule has 1 N–H and O–H groups in total. The molecule has 1 amide bonds. The van der Waals surface area contributed by atoms with Gasteiger partial charge >= 0.3 is 0 Å². The summed E-state index contributed by atoms with van der Waals surface area (Å²) < 4.78 is 0. The summed E-state index contributed by atoms with van der Waals surface area (Å²) in [6, 6.07) is 0.246. The maximum Gasteiger partial charge on any atom is 0.241 e. The maximum absolute atomic E-state index is 12.8. The quantitative estimate of drug-likeness (QED) is 0.778. The van der Waals surface area contributed by atoms with Crippen molar-refractivity contribution in [3.63, 3.8) is 0 Å². The lowest BCUT2D eigenvalue weighted by Gasteiger charge is -2.33. The van der Waals surface area contributed by atoms with Crippen molar-refractivity contribution >= 4 is 5.91 Å². The second kappa shape index (κ2) is 7.41. The third-order valence-corrected chi connectivity index (χ3v) is 4.24. The second-order valence-electron chi connectivity index (χ2n) is 7.03. The number of rotatable bonds is 7. The molecule has 1 rings (SSSR count). The predicted molar refractivity (Wildman–Crippen MR) is 84.5 cm³/mol. The molecule has 118 valence electrons. The molecule has 1 aliphatic heterocycles. The van der Waals surface area contributed by atoms with Crippen LogP contribution in [0.2, 0.25) is 0 Å². The van der Waals surface area contributed by atoms with Gasteiger partial charge in [-0.25, -0.2) is 0 Å². The highest BCUT2D eigenvalue weighted by atomic mass is 16.2. The molecule has 1 heterocycles. The summed E-state index contributed by atoms with van der Waals surface area (Å²) in [5, 5.41) is 3.58. The molecule has 0 aromatic rings. The monoisotopic (exact) mass is 283 g/mol. The van der Waals surface area contributed by atoms with Gasteiger partial charge in [0.1, 0.15) is 0 Å². The first kappa shape index (κ1) is 17.4. The largest absolute Gasteiger partial charge is 0.322 e. The number of carbonyl (C=O) groups excluding carboxylic acids is 1. The van der Waals surface area contributed by atoms with Crippen LogP contribution in [0.25, 0.3) is 0 Å². The van der Waals surface area contributed by atoms with Gasteiger partial charge in [0, 0.05) is 12.6 Å². The molecule has 0 aliphatic carbocycles. The Kier molecular flexibility index (Phi) is 6.46. The lowest BCUT2D eigenvalue weighted by atomic mass is 9.99. The van der Waals surface area contributed by atoms with Gasteiger partial charge in [0.05, 0.1) is 12.2 Å². The highest BCUT2D eigenvalue weighted by Crippen LogP contribution is 2.25. The fourth-order valence-electron chi connectivity index (χ4n) is 3.09. The van der Waals surface area contributed by atoms with Crippen LogP contribution in [0, 0.1) is 11.8 Å². The van der Waals surface area contributed by atoms with E-state index < -0.39 is 0 Å². The smallest absolute Gasteiger partial charge is 0.241 e. The average molecular weight is 283 g/mol. The summed E-state index contributed by atoms with van der Waals surface area (Å²) in [6.07, 6.45) is 2.25. The third kappa shape index (κ3) is 4.19. The zero-order valence-corrected chi connectivity index (χ0v) is 14.3. The van der Waals surface area contributed by atoms with Gasteiger partial charge in [0.15, 0.2) is 0 Å². The number of nitrogens with zero attached hydrogens (tertiary/aromatic N) is 2. The van der Waals surface area contributed by atoms with E-state index in [0.717, 1.165) is 19.4 Å². The Hall–Kier alpha value is -0.610. The van der Waals surface area contributed by atoms with E-state index >= 15 is 0 Å². The Morgan fingerprint density at radius 1 is 1.25 bits per heavy atom. The Morgan fingerprint density at radius 2 is 1.85 bits per heavy atom. The van der Waals surface area contributed by atoms with E-state index in [4.69, 9.17) is 0 Å². The Bertz CT molecular complexity index is 317. The van der Waals surface area contributed by atoms with E-state index in [2.05, 4.69) is 63.8 Å². The Morgan fingerprint density at radius 3 is 2.30 bits per heavy atom. The molecule has 4 heteroatoms. The van der Waals surface area contributed by atoms with Crippen LogP contribution in [-0.2, 0) is 4.79 Å². The van der Waals surface area contributed by atoms with Gasteiger partial charge in [-0.3, -0.25) is 10.1 Å². The molecule has 4 nitrogen and oxygen atoms in total. The van der Waals surface area contributed by atoms with E-state index in [1.807, 2.05) is 0 Å². The first-order valence-electron chi connectivity index (χ1n) is 8.00. The minimum atomic E-state index is -0.00615. The molecule has 0 bridgehead atoms. The van der Waals surface area contributed by atoms with Gasteiger partial charge in [0.2, 0.25) is 5.91 Å². The molecule has 0 saturated carbocycles. The van der Waals surface area contributed by atoms with E-state index in [-0.39, 0.29) is 18.2 Å². The molecule has 0 aromatic carbocycles. The highest BCUT2D eigenvalue weighted by molar-refractivity contribution is 5.85.